The Morgan fingerprint density at radius 1 is 1.24 bits per heavy atom. The number of halogens is 1. The molecular formula is C17H27FN2O4S. The van der Waals surface area contributed by atoms with Crippen LogP contribution >= 0.6 is 0 Å². The molecule has 8 heteroatoms. The SMILES string of the molecule is CCC[C@H](NS(=O)(=O)c1ccc(F)cc1)C(=O)N[C@H](CO)CC(C)C. The molecule has 25 heavy (non-hydrogen) atoms. The number of rotatable bonds is 10. The minimum Gasteiger partial charge on any atom is -0.394 e. The summed E-state index contributed by atoms with van der Waals surface area (Å²) in [5, 5.41) is 12.1. The van der Waals surface area contributed by atoms with E-state index in [4.69, 9.17) is 0 Å². The molecule has 0 saturated heterocycles. The number of sulfonamides is 1. The molecular weight excluding hydrogens is 347 g/mol. The zero-order valence-electron chi connectivity index (χ0n) is 14.8. The number of aliphatic hydroxyl groups excluding tert-OH is 1. The molecule has 0 radical (unpaired) electrons. The molecule has 1 amide bonds. The van der Waals surface area contributed by atoms with E-state index in [9.17, 15) is 22.7 Å². The normalized spacial score (nSPS) is 14.3. The second-order valence-electron chi connectivity index (χ2n) is 6.43. The van der Waals surface area contributed by atoms with Crippen molar-refractivity contribution >= 4 is 15.9 Å². The van der Waals surface area contributed by atoms with Gasteiger partial charge in [0.25, 0.3) is 0 Å². The molecule has 0 bridgehead atoms. The summed E-state index contributed by atoms with van der Waals surface area (Å²) in [7, 11) is -3.95. The minimum atomic E-state index is -3.95. The number of aliphatic hydroxyl groups is 1. The first kappa shape index (κ1) is 21.5. The predicted octanol–water partition coefficient (Wildman–Crippen LogP) is 1.80. The van der Waals surface area contributed by atoms with Crippen LogP contribution in [0.5, 0.6) is 0 Å². The van der Waals surface area contributed by atoms with Gasteiger partial charge >= 0.3 is 0 Å². The van der Waals surface area contributed by atoms with Crippen molar-refractivity contribution < 1.29 is 22.7 Å². The molecule has 0 heterocycles. The van der Waals surface area contributed by atoms with E-state index in [1.54, 1.807) is 0 Å². The zero-order chi connectivity index (χ0) is 19.0. The molecule has 0 spiro atoms. The van der Waals surface area contributed by atoms with E-state index in [1.165, 1.54) is 0 Å². The van der Waals surface area contributed by atoms with Crippen LogP contribution in [0.1, 0.15) is 40.0 Å². The molecule has 2 atom stereocenters. The Balaban J connectivity index is 2.87. The van der Waals surface area contributed by atoms with Crippen molar-refractivity contribution in [1.82, 2.24) is 10.0 Å². The number of carbonyl (C=O) groups is 1. The molecule has 1 aromatic rings. The van der Waals surface area contributed by atoms with Crippen molar-refractivity contribution in [2.24, 2.45) is 5.92 Å². The van der Waals surface area contributed by atoms with Gasteiger partial charge in [0.2, 0.25) is 15.9 Å². The Bertz CT molecular complexity index is 647. The van der Waals surface area contributed by atoms with E-state index in [1.807, 2.05) is 20.8 Å². The fraction of sp³-hybridized carbons (Fsp3) is 0.588. The lowest BCUT2D eigenvalue weighted by atomic mass is 10.0. The highest BCUT2D eigenvalue weighted by Gasteiger charge is 2.26. The number of hydrogen-bond donors (Lipinski definition) is 3. The van der Waals surface area contributed by atoms with Crippen molar-refractivity contribution in [3.63, 3.8) is 0 Å². The van der Waals surface area contributed by atoms with Gasteiger partial charge in [-0.1, -0.05) is 27.2 Å². The lowest BCUT2D eigenvalue weighted by Crippen LogP contribution is -2.50. The van der Waals surface area contributed by atoms with Gasteiger partial charge < -0.3 is 10.4 Å². The molecule has 6 nitrogen and oxygen atoms in total. The second-order valence-corrected chi connectivity index (χ2v) is 8.15. The van der Waals surface area contributed by atoms with Crippen LogP contribution in [0.15, 0.2) is 29.2 Å². The first-order valence-electron chi connectivity index (χ1n) is 8.38. The van der Waals surface area contributed by atoms with Crippen LogP contribution in [0.4, 0.5) is 4.39 Å². The first-order valence-corrected chi connectivity index (χ1v) is 9.87. The van der Waals surface area contributed by atoms with Crippen LogP contribution in [-0.2, 0) is 14.8 Å². The highest BCUT2D eigenvalue weighted by molar-refractivity contribution is 7.89. The van der Waals surface area contributed by atoms with E-state index in [0.717, 1.165) is 24.3 Å². The summed E-state index contributed by atoms with van der Waals surface area (Å²) in [6.07, 6.45) is 1.50. The maximum absolute atomic E-state index is 13.0. The number of amides is 1. The smallest absolute Gasteiger partial charge is 0.241 e. The molecule has 3 N–H and O–H groups in total. The van der Waals surface area contributed by atoms with Crippen LogP contribution in [0.25, 0.3) is 0 Å². The van der Waals surface area contributed by atoms with Gasteiger partial charge in [-0.15, -0.1) is 0 Å². The van der Waals surface area contributed by atoms with Crippen molar-refractivity contribution in [1.29, 1.82) is 0 Å². The van der Waals surface area contributed by atoms with Crippen LogP contribution in [0.2, 0.25) is 0 Å². The molecule has 0 aliphatic carbocycles. The van der Waals surface area contributed by atoms with Crippen LogP contribution in [0, 0.1) is 11.7 Å². The number of nitrogens with one attached hydrogen (secondary N) is 2. The topological polar surface area (TPSA) is 95.5 Å². The van der Waals surface area contributed by atoms with Gasteiger partial charge in [0.1, 0.15) is 11.9 Å². The van der Waals surface area contributed by atoms with Gasteiger partial charge in [0.05, 0.1) is 17.5 Å². The van der Waals surface area contributed by atoms with Gasteiger partial charge in [-0.25, -0.2) is 12.8 Å². The van der Waals surface area contributed by atoms with E-state index < -0.39 is 33.8 Å². The van der Waals surface area contributed by atoms with Crippen LogP contribution in [-0.4, -0.2) is 38.1 Å². The number of benzene rings is 1. The van der Waals surface area contributed by atoms with Gasteiger partial charge in [0, 0.05) is 0 Å². The molecule has 0 aliphatic rings. The summed E-state index contributed by atoms with van der Waals surface area (Å²) in [6, 6.07) is 3.01. The largest absolute Gasteiger partial charge is 0.394 e. The lowest BCUT2D eigenvalue weighted by Gasteiger charge is -2.23. The first-order chi connectivity index (χ1) is 11.7. The Hall–Kier alpha value is -1.51. The highest BCUT2D eigenvalue weighted by atomic mass is 32.2. The molecule has 1 rings (SSSR count). The average molecular weight is 374 g/mol. The van der Waals surface area contributed by atoms with Crippen molar-refractivity contribution in [3.05, 3.63) is 30.1 Å². The number of carbonyl (C=O) groups excluding carboxylic acids is 1. The third-order valence-electron chi connectivity index (χ3n) is 3.64. The maximum Gasteiger partial charge on any atom is 0.241 e. The fourth-order valence-electron chi connectivity index (χ4n) is 2.45. The molecule has 0 unspecified atom stereocenters. The van der Waals surface area contributed by atoms with Gasteiger partial charge in [0.15, 0.2) is 0 Å². The third-order valence-corrected chi connectivity index (χ3v) is 5.13. The van der Waals surface area contributed by atoms with Crippen molar-refractivity contribution in [2.45, 2.75) is 57.0 Å². The second kappa shape index (κ2) is 9.84. The number of hydrogen-bond acceptors (Lipinski definition) is 4. The van der Waals surface area contributed by atoms with Crippen LogP contribution in [0.3, 0.4) is 0 Å². The summed E-state index contributed by atoms with van der Waals surface area (Å²) in [6.45, 7) is 5.56. The van der Waals surface area contributed by atoms with E-state index in [2.05, 4.69) is 10.0 Å². The summed E-state index contributed by atoms with van der Waals surface area (Å²) in [5.41, 5.74) is 0. The average Bonchev–Trinajstić information content (AvgIpc) is 2.53. The Morgan fingerprint density at radius 3 is 2.32 bits per heavy atom. The van der Waals surface area contributed by atoms with E-state index in [-0.39, 0.29) is 17.4 Å². The molecule has 0 aromatic heterocycles. The van der Waals surface area contributed by atoms with Gasteiger partial charge in [-0.05, 0) is 43.0 Å². The van der Waals surface area contributed by atoms with Gasteiger partial charge in [-0.2, -0.15) is 4.72 Å². The molecule has 0 fully saturated rings. The van der Waals surface area contributed by atoms with E-state index >= 15 is 0 Å². The summed E-state index contributed by atoms with van der Waals surface area (Å²) in [4.78, 5) is 12.3. The Kier molecular flexibility index (Phi) is 8.47. The minimum absolute atomic E-state index is 0.108. The van der Waals surface area contributed by atoms with Crippen molar-refractivity contribution in [3.8, 4) is 0 Å². The quantitative estimate of drug-likeness (QED) is 0.582. The zero-order valence-corrected chi connectivity index (χ0v) is 15.6. The third kappa shape index (κ3) is 7.09. The molecule has 142 valence electrons. The predicted molar refractivity (Wildman–Crippen MR) is 93.9 cm³/mol. The Morgan fingerprint density at radius 2 is 1.84 bits per heavy atom. The standard InChI is InChI=1S/C17H27FN2O4S/c1-4-5-16(17(22)19-14(11-21)10-12(2)3)20-25(23,24)15-8-6-13(18)7-9-15/h6-9,12,14,16,20-21H,4-5,10-11H2,1-3H3,(H,19,22)/t14-,16-/m0/s1. The summed E-state index contributed by atoms with van der Waals surface area (Å²) < 4.78 is 40.1. The summed E-state index contributed by atoms with van der Waals surface area (Å²) >= 11 is 0. The van der Waals surface area contributed by atoms with Crippen LogP contribution < -0.4 is 10.0 Å². The summed E-state index contributed by atoms with van der Waals surface area (Å²) in [5.74, 6) is -0.744. The molecule has 0 aliphatic heterocycles. The van der Waals surface area contributed by atoms with E-state index in [0.29, 0.717) is 19.3 Å². The molecule has 1 aromatic carbocycles. The lowest BCUT2D eigenvalue weighted by molar-refractivity contribution is -0.124. The Labute approximate surface area is 148 Å². The van der Waals surface area contributed by atoms with Gasteiger partial charge in [-0.3, -0.25) is 4.79 Å². The monoisotopic (exact) mass is 374 g/mol. The highest BCUT2D eigenvalue weighted by Crippen LogP contribution is 2.12. The maximum atomic E-state index is 13.0. The van der Waals surface area contributed by atoms with Crippen molar-refractivity contribution in [2.75, 3.05) is 6.61 Å². The molecule has 0 saturated carbocycles. The fourth-order valence-corrected chi connectivity index (χ4v) is 3.68.